The maximum Gasteiger partial charge on any atom is 0.338 e. The van der Waals surface area contributed by atoms with Crippen LogP contribution in [0.2, 0.25) is 0 Å². The Balaban J connectivity index is 1.38. The minimum atomic E-state index is -0.546. The van der Waals surface area contributed by atoms with Crippen molar-refractivity contribution in [1.82, 2.24) is 9.80 Å². The largest absolute Gasteiger partial charge is 0.489 e. The Morgan fingerprint density at radius 2 is 1.72 bits per heavy atom. The maximum atomic E-state index is 13.5. The number of likely N-dealkylation sites (tertiary alicyclic amines) is 1. The SMILES string of the molecule is CCOC(=O)C1=C(C)N=C2SC=C(CC(=O)N3CCC(C(=O)OCC)CC3)N2[C@@H]1c1cccc(OCc2ccccc2)c1. The molecule has 1 amide bonds. The minimum Gasteiger partial charge on any atom is -0.489 e. The molecule has 10 heteroatoms. The molecule has 5 rings (SSSR count). The summed E-state index contributed by atoms with van der Waals surface area (Å²) in [4.78, 5) is 47.5. The van der Waals surface area contributed by atoms with Gasteiger partial charge in [-0.15, -0.1) is 0 Å². The van der Waals surface area contributed by atoms with Crippen molar-refractivity contribution < 1.29 is 28.6 Å². The molecule has 1 atom stereocenters. The van der Waals surface area contributed by atoms with E-state index in [4.69, 9.17) is 19.2 Å². The lowest BCUT2D eigenvalue weighted by atomic mass is 9.93. The molecule has 1 saturated heterocycles. The predicted octanol–water partition coefficient (Wildman–Crippen LogP) is 5.60. The molecule has 2 aromatic carbocycles. The third kappa shape index (κ3) is 6.96. The highest BCUT2D eigenvalue weighted by atomic mass is 32.2. The monoisotopic (exact) mass is 603 g/mol. The number of allylic oxidation sites excluding steroid dienone is 1. The molecule has 0 radical (unpaired) electrons. The van der Waals surface area contributed by atoms with Crippen molar-refractivity contribution in [1.29, 1.82) is 0 Å². The number of esters is 2. The minimum absolute atomic E-state index is 0.0296. The van der Waals surface area contributed by atoms with Crippen LogP contribution in [-0.4, -0.2) is 59.1 Å². The van der Waals surface area contributed by atoms with Gasteiger partial charge in [0.1, 0.15) is 12.4 Å². The van der Waals surface area contributed by atoms with Crippen molar-refractivity contribution in [2.75, 3.05) is 26.3 Å². The summed E-state index contributed by atoms with van der Waals surface area (Å²) in [7, 11) is 0. The summed E-state index contributed by atoms with van der Waals surface area (Å²) in [5.74, 6) is -0.161. The van der Waals surface area contributed by atoms with E-state index in [0.717, 1.165) is 16.8 Å². The van der Waals surface area contributed by atoms with E-state index in [-0.39, 0.29) is 30.8 Å². The van der Waals surface area contributed by atoms with Gasteiger partial charge in [0.2, 0.25) is 5.91 Å². The first kappa shape index (κ1) is 30.4. The Hall–Kier alpha value is -4.05. The zero-order valence-corrected chi connectivity index (χ0v) is 25.6. The van der Waals surface area contributed by atoms with Gasteiger partial charge in [-0.25, -0.2) is 9.79 Å². The van der Waals surface area contributed by atoms with Crippen LogP contribution in [0.5, 0.6) is 5.75 Å². The first-order valence-corrected chi connectivity index (χ1v) is 15.6. The normalized spacial score (nSPS) is 18.5. The predicted molar refractivity (Wildman–Crippen MR) is 165 cm³/mol. The molecule has 0 aromatic heterocycles. The number of ether oxygens (including phenoxy) is 3. The first-order valence-electron chi connectivity index (χ1n) is 14.7. The molecule has 0 unspecified atom stereocenters. The van der Waals surface area contributed by atoms with E-state index in [0.29, 0.717) is 61.3 Å². The number of piperidine rings is 1. The Morgan fingerprint density at radius 3 is 2.44 bits per heavy atom. The van der Waals surface area contributed by atoms with Crippen molar-refractivity contribution in [2.45, 2.75) is 52.7 Å². The molecule has 3 heterocycles. The van der Waals surface area contributed by atoms with Gasteiger partial charge >= 0.3 is 11.9 Å². The van der Waals surface area contributed by atoms with E-state index in [1.807, 2.05) is 71.8 Å². The molecular formula is C33H37N3O6S. The average molecular weight is 604 g/mol. The number of nitrogens with zero attached hydrogens (tertiary/aromatic N) is 3. The molecule has 3 aliphatic heterocycles. The van der Waals surface area contributed by atoms with Gasteiger partial charge in [-0.3, -0.25) is 9.59 Å². The number of amidine groups is 1. The summed E-state index contributed by atoms with van der Waals surface area (Å²) in [6, 6.07) is 17.1. The Bertz CT molecular complexity index is 1450. The van der Waals surface area contributed by atoms with E-state index < -0.39 is 12.0 Å². The van der Waals surface area contributed by atoms with Gasteiger partial charge in [0.15, 0.2) is 5.17 Å². The highest BCUT2D eigenvalue weighted by Crippen LogP contribution is 2.45. The third-order valence-corrected chi connectivity index (χ3v) is 8.61. The lowest BCUT2D eigenvalue weighted by Gasteiger charge is -2.37. The molecular weight excluding hydrogens is 566 g/mol. The van der Waals surface area contributed by atoms with E-state index in [2.05, 4.69) is 0 Å². The summed E-state index contributed by atoms with van der Waals surface area (Å²) in [5, 5.41) is 2.64. The molecule has 0 N–H and O–H groups in total. The molecule has 0 saturated carbocycles. The summed E-state index contributed by atoms with van der Waals surface area (Å²) in [6.07, 6.45) is 1.32. The second kappa shape index (κ2) is 13.9. The van der Waals surface area contributed by atoms with E-state index >= 15 is 0 Å². The zero-order valence-electron chi connectivity index (χ0n) is 24.8. The number of rotatable bonds is 10. The van der Waals surface area contributed by atoms with Crippen molar-refractivity contribution in [3.05, 3.63) is 88.1 Å². The Kier molecular flexibility index (Phi) is 9.86. The fraction of sp³-hybridized carbons (Fsp3) is 0.394. The Labute approximate surface area is 256 Å². The standard InChI is InChI=1S/C33H37N3O6S/c1-4-40-31(38)24-14-16-35(17-15-24)28(37)19-26-21-43-33-34-22(3)29(32(39)41-5-2)30(36(26)33)25-12-9-13-27(18-25)42-20-23-10-7-6-8-11-23/h6-13,18,21,24,30H,4-5,14-17,19-20H2,1-3H3/t30-/m1/s1. The van der Waals surface area contributed by atoms with Crippen LogP contribution in [0.3, 0.4) is 0 Å². The van der Waals surface area contributed by atoms with E-state index in [9.17, 15) is 14.4 Å². The van der Waals surface area contributed by atoms with Gasteiger partial charge in [0.05, 0.1) is 42.9 Å². The zero-order chi connectivity index (χ0) is 30.3. The van der Waals surface area contributed by atoms with Gasteiger partial charge in [-0.1, -0.05) is 54.2 Å². The number of hydrogen-bond donors (Lipinski definition) is 0. The highest BCUT2D eigenvalue weighted by Gasteiger charge is 2.42. The van der Waals surface area contributed by atoms with Gasteiger partial charge in [-0.2, -0.15) is 0 Å². The van der Waals surface area contributed by atoms with Crippen LogP contribution >= 0.6 is 11.8 Å². The number of fused-ring (bicyclic) bond motifs is 1. The fourth-order valence-corrected chi connectivity index (χ4v) is 6.53. The van der Waals surface area contributed by atoms with Crippen molar-refractivity contribution >= 4 is 34.8 Å². The van der Waals surface area contributed by atoms with Gasteiger partial charge in [0, 0.05) is 18.8 Å². The second-order valence-corrected chi connectivity index (χ2v) is 11.4. The molecule has 2 aromatic rings. The number of amides is 1. The number of aliphatic imine (C=N–C) groups is 1. The summed E-state index contributed by atoms with van der Waals surface area (Å²) in [5.41, 5.74) is 3.66. The quantitative estimate of drug-likeness (QED) is 0.324. The molecule has 0 spiro atoms. The number of benzene rings is 2. The van der Waals surface area contributed by atoms with Crippen LogP contribution in [0.4, 0.5) is 0 Å². The van der Waals surface area contributed by atoms with Crippen LogP contribution in [0, 0.1) is 5.92 Å². The van der Waals surface area contributed by atoms with Crippen molar-refractivity contribution in [2.24, 2.45) is 10.9 Å². The molecule has 226 valence electrons. The highest BCUT2D eigenvalue weighted by molar-refractivity contribution is 8.16. The van der Waals surface area contributed by atoms with Gasteiger partial charge in [-0.05, 0) is 62.3 Å². The van der Waals surface area contributed by atoms with Crippen LogP contribution in [0.1, 0.15) is 57.2 Å². The van der Waals surface area contributed by atoms with Crippen LogP contribution < -0.4 is 4.74 Å². The maximum absolute atomic E-state index is 13.5. The van der Waals surface area contributed by atoms with Gasteiger partial charge in [0.25, 0.3) is 0 Å². The summed E-state index contributed by atoms with van der Waals surface area (Å²) in [6.45, 7) is 7.39. The third-order valence-electron chi connectivity index (χ3n) is 7.72. The molecule has 9 nitrogen and oxygen atoms in total. The van der Waals surface area contributed by atoms with Crippen LogP contribution in [0.15, 0.2) is 82.0 Å². The topological polar surface area (TPSA) is 97.7 Å². The number of hydrogen-bond acceptors (Lipinski definition) is 9. The number of carbonyl (C=O) groups is 3. The molecule has 1 fully saturated rings. The summed E-state index contributed by atoms with van der Waals surface area (Å²) >= 11 is 1.44. The van der Waals surface area contributed by atoms with Crippen LogP contribution in [0.25, 0.3) is 0 Å². The number of carbonyl (C=O) groups excluding carboxylic acids is 3. The molecule has 0 bridgehead atoms. The van der Waals surface area contributed by atoms with Crippen LogP contribution in [-0.2, 0) is 30.5 Å². The molecule has 0 aliphatic carbocycles. The van der Waals surface area contributed by atoms with E-state index in [1.165, 1.54) is 11.8 Å². The average Bonchev–Trinajstić information content (AvgIpc) is 3.41. The molecule has 3 aliphatic rings. The Morgan fingerprint density at radius 1 is 0.977 bits per heavy atom. The van der Waals surface area contributed by atoms with Gasteiger partial charge < -0.3 is 24.0 Å². The second-order valence-electron chi connectivity index (χ2n) is 10.5. The van der Waals surface area contributed by atoms with Crippen molar-refractivity contribution in [3.63, 3.8) is 0 Å². The van der Waals surface area contributed by atoms with Crippen molar-refractivity contribution in [3.8, 4) is 5.75 Å². The molecule has 43 heavy (non-hydrogen) atoms. The lowest BCUT2D eigenvalue weighted by molar-refractivity contribution is -0.151. The number of thioether (sulfide) groups is 1. The first-order chi connectivity index (χ1) is 20.9. The smallest absolute Gasteiger partial charge is 0.338 e. The van der Waals surface area contributed by atoms with E-state index in [1.54, 1.807) is 18.7 Å². The fourth-order valence-electron chi connectivity index (χ4n) is 5.56. The lowest BCUT2D eigenvalue weighted by Crippen LogP contribution is -2.42. The summed E-state index contributed by atoms with van der Waals surface area (Å²) < 4.78 is 16.8.